The summed E-state index contributed by atoms with van der Waals surface area (Å²) < 4.78 is 42.9. The van der Waals surface area contributed by atoms with Crippen LogP contribution in [0.15, 0.2) is 66.9 Å². The Balaban J connectivity index is 1.74. The Hall–Kier alpha value is -2.71. The Labute approximate surface area is 226 Å². The number of benzene rings is 3. The number of aromatic nitrogens is 1. The molecule has 0 atom stereocenters. The first kappa shape index (κ1) is 26.9. The van der Waals surface area contributed by atoms with Gasteiger partial charge in [0.1, 0.15) is 0 Å². The summed E-state index contributed by atoms with van der Waals surface area (Å²) in [7, 11) is -3.31. The lowest BCUT2D eigenvalue weighted by molar-refractivity contribution is -0.137. The van der Waals surface area contributed by atoms with Crippen molar-refractivity contribution < 1.29 is 13.2 Å². The molecule has 1 aliphatic rings. The van der Waals surface area contributed by atoms with Crippen LogP contribution in [0.25, 0.3) is 33.2 Å². The molecule has 1 aliphatic heterocycles. The molecule has 198 valence electrons. The average Bonchev–Trinajstić information content (AvgIpc) is 2.84. The van der Waals surface area contributed by atoms with Crippen LogP contribution in [0.5, 0.6) is 0 Å². The van der Waals surface area contributed by atoms with Crippen molar-refractivity contribution >= 4 is 37.3 Å². The van der Waals surface area contributed by atoms with Gasteiger partial charge in [-0.1, -0.05) is 112 Å². The lowest BCUT2D eigenvalue weighted by Crippen LogP contribution is -2.63. The topological polar surface area (TPSA) is 12.9 Å². The zero-order chi connectivity index (χ0) is 27.7. The predicted molar refractivity (Wildman–Crippen MR) is 160 cm³/mol. The van der Waals surface area contributed by atoms with E-state index < -0.39 is 27.9 Å². The van der Waals surface area contributed by atoms with E-state index in [2.05, 4.69) is 82.3 Å². The molecule has 6 heteroatoms. The number of pyridine rings is 1. The van der Waals surface area contributed by atoms with Crippen LogP contribution >= 0.6 is 0 Å². The van der Waals surface area contributed by atoms with Crippen LogP contribution in [-0.2, 0) is 11.6 Å². The molecule has 1 aromatic heterocycles. The van der Waals surface area contributed by atoms with Gasteiger partial charge in [0.05, 0.1) is 27.4 Å². The second-order valence-corrected chi connectivity index (χ2v) is 22.7. The lowest BCUT2D eigenvalue weighted by atomic mass is 9.82. The van der Waals surface area contributed by atoms with Gasteiger partial charge in [0, 0.05) is 11.8 Å². The van der Waals surface area contributed by atoms with Crippen LogP contribution in [0.3, 0.4) is 0 Å². The molecule has 0 radical (unpaired) electrons. The number of hydrogen-bond acceptors (Lipinski definition) is 1. The van der Waals surface area contributed by atoms with Gasteiger partial charge in [-0.15, -0.1) is 0 Å². The van der Waals surface area contributed by atoms with Gasteiger partial charge >= 0.3 is 6.18 Å². The summed E-state index contributed by atoms with van der Waals surface area (Å²) in [4.78, 5) is 4.37. The molecule has 0 amide bonds. The average molecular weight is 548 g/mol. The van der Waals surface area contributed by atoms with E-state index in [1.807, 2.05) is 24.3 Å². The highest BCUT2D eigenvalue weighted by Gasteiger charge is 2.40. The summed E-state index contributed by atoms with van der Waals surface area (Å²) in [5.41, 5.74) is 2.61. The van der Waals surface area contributed by atoms with Crippen molar-refractivity contribution in [1.82, 2.24) is 4.98 Å². The smallest absolute Gasteiger partial charge is 0.256 e. The third kappa shape index (κ3) is 4.77. The Bertz CT molecular complexity index is 1550. The second kappa shape index (κ2) is 8.92. The third-order valence-corrected chi connectivity index (χ3v) is 15.9. The second-order valence-electron chi connectivity index (χ2n) is 13.1. The SMILES string of the molecule is CC(C)(C)c1cc(-c2cc(-c3ccc4c(c3)[Si](C)(C)CC[Si]4(C)C)c(C(F)(F)F)cn2)cc2ccccc12. The molecule has 4 aromatic rings. The van der Waals surface area contributed by atoms with Crippen LogP contribution in [0.1, 0.15) is 31.9 Å². The van der Waals surface area contributed by atoms with E-state index in [9.17, 15) is 13.2 Å². The summed E-state index contributed by atoms with van der Waals surface area (Å²) in [5.74, 6) is 0. The molecule has 0 N–H and O–H groups in total. The fraction of sp³-hybridized carbons (Fsp3) is 0.344. The predicted octanol–water partition coefficient (Wildman–Crippen LogP) is 8.73. The van der Waals surface area contributed by atoms with Gasteiger partial charge in [-0.2, -0.15) is 13.2 Å². The van der Waals surface area contributed by atoms with Crippen LogP contribution in [0.2, 0.25) is 38.3 Å². The molecule has 0 unspecified atom stereocenters. The molecule has 0 aliphatic carbocycles. The first-order valence-corrected chi connectivity index (χ1v) is 19.8. The van der Waals surface area contributed by atoms with E-state index in [1.165, 1.54) is 22.5 Å². The lowest BCUT2D eigenvalue weighted by Gasteiger charge is -2.40. The van der Waals surface area contributed by atoms with Crippen molar-refractivity contribution in [3.8, 4) is 22.4 Å². The summed E-state index contributed by atoms with van der Waals surface area (Å²) >= 11 is 0. The first-order chi connectivity index (χ1) is 17.6. The van der Waals surface area contributed by atoms with E-state index >= 15 is 0 Å². The molecule has 2 heterocycles. The molecule has 0 bridgehead atoms. The molecule has 1 nitrogen and oxygen atoms in total. The molecule has 3 aromatic carbocycles. The summed E-state index contributed by atoms with van der Waals surface area (Å²) in [6, 6.07) is 22.6. The minimum atomic E-state index is -4.49. The standard InChI is InChI=1S/C32H36F3NSi2/c1-31(2,3)26-17-23(16-21-10-8-9-11-24(21)26)28-19-25(27(20-36-28)32(33,34)35)22-12-13-29-30(18-22)38(6,7)15-14-37(29,4)5/h8-13,16-20H,14-15H2,1-7H3. The number of nitrogens with zero attached hydrogens (tertiary/aromatic N) is 1. The van der Waals surface area contributed by atoms with Gasteiger partial charge in [0.15, 0.2) is 0 Å². The molecule has 0 saturated heterocycles. The quantitative estimate of drug-likeness (QED) is 0.229. The molecule has 0 fully saturated rings. The van der Waals surface area contributed by atoms with Crippen LogP contribution < -0.4 is 10.4 Å². The van der Waals surface area contributed by atoms with Crippen molar-refractivity contribution in [3.05, 3.63) is 78.0 Å². The maximum absolute atomic E-state index is 14.3. The van der Waals surface area contributed by atoms with Crippen molar-refractivity contribution in [2.24, 2.45) is 0 Å². The molecule has 38 heavy (non-hydrogen) atoms. The normalized spacial score (nSPS) is 16.9. The zero-order valence-corrected chi connectivity index (χ0v) is 25.3. The maximum atomic E-state index is 14.3. The Morgan fingerprint density at radius 2 is 1.37 bits per heavy atom. The highest BCUT2D eigenvalue weighted by molar-refractivity contribution is 7.03. The van der Waals surface area contributed by atoms with Crippen molar-refractivity contribution in [1.29, 1.82) is 0 Å². The summed E-state index contributed by atoms with van der Waals surface area (Å²) in [5, 5.41) is 4.98. The van der Waals surface area contributed by atoms with E-state index in [0.717, 1.165) is 28.1 Å². The minimum Gasteiger partial charge on any atom is -0.256 e. The van der Waals surface area contributed by atoms with Gasteiger partial charge in [-0.3, -0.25) is 4.98 Å². The zero-order valence-electron chi connectivity index (χ0n) is 23.3. The highest BCUT2D eigenvalue weighted by atomic mass is 28.3. The van der Waals surface area contributed by atoms with E-state index in [1.54, 1.807) is 6.07 Å². The Morgan fingerprint density at radius 1 is 0.711 bits per heavy atom. The Morgan fingerprint density at radius 3 is 2.03 bits per heavy atom. The van der Waals surface area contributed by atoms with Gasteiger partial charge in [0.25, 0.3) is 0 Å². The molecule has 5 rings (SSSR count). The largest absolute Gasteiger partial charge is 0.418 e. The number of alkyl halides is 3. The van der Waals surface area contributed by atoms with Gasteiger partial charge in [-0.05, 0) is 51.1 Å². The molecular formula is C32H36F3NSi2. The van der Waals surface area contributed by atoms with Crippen LogP contribution in [0, 0.1) is 0 Å². The monoisotopic (exact) mass is 547 g/mol. The third-order valence-electron chi connectivity index (χ3n) is 8.34. The number of halogens is 3. The summed E-state index contributed by atoms with van der Waals surface area (Å²) in [6.07, 6.45) is -3.46. The van der Waals surface area contributed by atoms with Crippen molar-refractivity contribution in [2.45, 2.75) is 70.6 Å². The van der Waals surface area contributed by atoms with Gasteiger partial charge in [-0.25, -0.2) is 0 Å². The summed E-state index contributed by atoms with van der Waals surface area (Å²) in [6.45, 7) is 16.0. The van der Waals surface area contributed by atoms with Gasteiger partial charge < -0.3 is 0 Å². The number of fused-ring (bicyclic) bond motifs is 2. The number of hydrogen-bond donors (Lipinski definition) is 0. The Kier molecular flexibility index (Phi) is 6.31. The van der Waals surface area contributed by atoms with Crippen LogP contribution in [0.4, 0.5) is 13.2 Å². The van der Waals surface area contributed by atoms with E-state index in [0.29, 0.717) is 11.3 Å². The molecule has 0 saturated carbocycles. The van der Waals surface area contributed by atoms with E-state index in [4.69, 9.17) is 0 Å². The first-order valence-electron chi connectivity index (χ1n) is 13.3. The number of rotatable bonds is 2. The van der Waals surface area contributed by atoms with Crippen LogP contribution in [-0.4, -0.2) is 21.1 Å². The van der Waals surface area contributed by atoms with Crippen molar-refractivity contribution in [2.75, 3.05) is 0 Å². The maximum Gasteiger partial charge on any atom is 0.418 e. The van der Waals surface area contributed by atoms with Gasteiger partial charge in [0.2, 0.25) is 0 Å². The molecule has 0 spiro atoms. The fourth-order valence-corrected chi connectivity index (χ4v) is 16.2. The fourth-order valence-electron chi connectivity index (χ4n) is 5.91. The van der Waals surface area contributed by atoms with Crippen molar-refractivity contribution in [3.63, 3.8) is 0 Å². The highest BCUT2D eigenvalue weighted by Crippen LogP contribution is 2.40. The van der Waals surface area contributed by atoms with E-state index in [-0.39, 0.29) is 11.0 Å². The minimum absolute atomic E-state index is 0.129. The molecular weight excluding hydrogens is 512 g/mol.